The molecule has 10 heavy (non-hydrogen) atoms. The Morgan fingerprint density at radius 2 is 2.00 bits per heavy atom. The molecule has 0 aliphatic heterocycles. The van der Waals surface area contributed by atoms with Crippen molar-refractivity contribution in [3.8, 4) is 0 Å². The van der Waals surface area contributed by atoms with Crippen molar-refractivity contribution in [1.29, 1.82) is 0 Å². The van der Waals surface area contributed by atoms with Gasteiger partial charge in [0.25, 0.3) is 0 Å². The third kappa shape index (κ3) is 2.92. The summed E-state index contributed by atoms with van der Waals surface area (Å²) in [5, 5.41) is 6.84. The molecule has 0 aromatic heterocycles. The largest absolute Gasteiger partial charge is 0.317 e. The maximum atomic E-state index is 5.23. The van der Waals surface area contributed by atoms with Crippen LogP contribution in [-0.4, -0.2) is 19.6 Å². The molecule has 0 fully saturated rings. The van der Waals surface area contributed by atoms with Gasteiger partial charge < -0.3 is 5.32 Å². The molecule has 60 valence electrons. The van der Waals surface area contributed by atoms with Crippen LogP contribution in [-0.2, 0) is 0 Å². The SMILES string of the molecule is CNC[C@H](N=[NH2+])C(C)(C)C. The van der Waals surface area contributed by atoms with E-state index in [0.717, 1.165) is 6.54 Å². The van der Waals surface area contributed by atoms with Gasteiger partial charge in [0.2, 0.25) is 0 Å². The number of likely N-dealkylation sites (N-methyl/N-ethyl adjacent to an activating group) is 1. The van der Waals surface area contributed by atoms with E-state index in [1.165, 1.54) is 0 Å². The number of nitrogens with two attached hydrogens (primary N) is 1. The van der Waals surface area contributed by atoms with Crippen LogP contribution >= 0.6 is 0 Å². The quantitative estimate of drug-likeness (QED) is 0.531. The molecule has 3 heteroatoms. The number of hydrogen-bond donors (Lipinski definition) is 2. The molecule has 0 bridgehead atoms. The molecule has 0 unspecified atom stereocenters. The average Bonchev–Trinajstić information content (AvgIpc) is 1.80. The summed E-state index contributed by atoms with van der Waals surface area (Å²) in [6.45, 7) is 7.24. The minimum atomic E-state index is 0.164. The molecular formula is C7H18N3+. The summed E-state index contributed by atoms with van der Waals surface area (Å²) >= 11 is 0. The molecule has 0 saturated heterocycles. The van der Waals surface area contributed by atoms with Crippen LogP contribution < -0.4 is 10.8 Å². The Hall–Kier alpha value is -0.440. The maximum absolute atomic E-state index is 5.23. The van der Waals surface area contributed by atoms with Gasteiger partial charge in [-0.25, -0.2) is 0 Å². The lowest BCUT2D eigenvalue weighted by molar-refractivity contribution is -0.233. The van der Waals surface area contributed by atoms with Gasteiger partial charge in [0.1, 0.15) is 6.04 Å². The summed E-state index contributed by atoms with van der Waals surface area (Å²) in [4.78, 5) is 0. The van der Waals surface area contributed by atoms with E-state index in [0.29, 0.717) is 0 Å². The zero-order chi connectivity index (χ0) is 8.20. The number of rotatable bonds is 3. The Labute approximate surface area is 62.7 Å². The molecule has 0 aromatic rings. The van der Waals surface area contributed by atoms with Crippen molar-refractivity contribution in [3.63, 3.8) is 0 Å². The van der Waals surface area contributed by atoms with Gasteiger partial charge in [0.15, 0.2) is 0 Å². The monoisotopic (exact) mass is 144 g/mol. The van der Waals surface area contributed by atoms with Crippen LogP contribution in [0.2, 0.25) is 0 Å². The van der Waals surface area contributed by atoms with Gasteiger partial charge >= 0.3 is 0 Å². The van der Waals surface area contributed by atoms with Crippen molar-refractivity contribution in [1.82, 2.24) is 5.32 Å². The molecular weight excluding hydrogens is 126 g/mol. The number of hydrogen-bond acceptors (Lipinski definition) is 2. The van der Waals surface area contributed by atoms with Gasteiger partial charge in [-0.2, -0.15) is 5.53 Å². The third-order valence-electron chi connectivity index (χ3n) is 1.58. The molecule has 1 atom stereocenters. The minimum absolute atomic E-state index is 0.164. The predicted octanol–water partition coefficient (Wildman–Crippen LogP) is -0.168. The molecule has 3 nitrogen and oxygen atoms in total. The van der Waals surface area contributed by atoms with Crippen LogP contribution in [0.15, 0.2) is 5.11 Å². The molecule has 0 heterocycles. The Morgan fingerprint density at radius 3 is 2.10 bits per heavy atom. The first-order chi connectivity index (χ1) is 4.52. The second-order valence-electron chi connectivity index (χ2n) is 3.59. The fourth-order valence-electron chi connectivity index (χ4n) is 0.776. The number of nitrogens with zero attached hydrogens (tertiary/aromatic N) is 1. The first-order valence-corrected chi connectivity index (χ1v) is 3.57. The van der Waals surface area contributed by atoms with Gasteiger partial charge in [0.05, 0.1) is 0 Å². The lowest BCUT2D eigenvalue weighted by Crippen LogP contribution is -2.40. The van der Waals surface area contributed by atoms with E-state index in [-0.39, 0.29) is 11.5 Å². The van der Waals surface area contributed by atoms with Gasteiger partial charge in [-0.3, -0.25) is 0 Å². The molecule has 0 amide bonds. The topological polar surface area (TPSA) is 50.0 Å². The first kappa shape index (κ1) is 9.56. The lowest BCUT2D eigenvalue weighted by atomic mass is 9.87. The average molecular weight is 144 g/mol. The smallest absolute Gasteiger partial charge is 0.129 e. The van der Waals surface area contributed by atoms with Crippen molar-refractivity contribution in [3.05, 3.63) is 0 Å². The Bertz CT molecular complexity index is 104. The maximum Gasteiger partial charge on any atom is 0.129 e. The second kappa shape index (κ2) is 3.66. The van der Waals surface area contributed by atoms with Crippen molar-refractivity contribution < 1.29 is 5.53 Å². The highest BCUT2D eigenvalue weighted by atomic mass is 15.0. The minimum Gasteiger partial charge on any atom is -0.317 e. The van der Waals surface area contributed by atoms with E-state index in [1.807, 2.05) is 7.05 Å². The zero-order valence-electron chi connectivity index (χ0n) is 7.31. The highest BCUT2D eigenvalue weighted by molar-refractivity contribution is 4.79. The predicted molar refractivity (Wildman–Crippen MR) is 41.5 cm³/mol. The van der Waals surface area contributed by atoms with Gasteiger partial charge in [-0.15, -0.1) is 0 Å². The van der Waals surface area contributed by atoms with E-state index in [4.69, 9.17) is 5.53 Å². The van der Waals surface area contributed by atoms with Crippen molar-refractivity contribution in [2.75, 3.05) is 13.6 Å². The van der Waals surface area contributed by atoms with Crippen LogP contribution in [0.25, 0.3) is 0 Å². The fourth-order valence-corrected chi connectivity index (χ4v) is 0.776. The van der Waals surface area contributed by atoms with Crippen LogP contribution in [0.3, 0.4) is 0 Å². The lowest BCUT2D eigenvalue weighted by Gasteiger charge is -2.22. The van der Waals surface area contributed by atoms with E-state index in [2.05, 4.69) is 31.2 Å². The number of nitrogens with one attached hydrogen (secondary N) is 1. The molecule has 0 aliphatic rings. The van der Waals surface area contributed by atoms with Crippen LogP contribution in [0, 0.1) is 5.41 Å². The molecule has 0 spiro atoms. The fraction of sp³-hybridized carbons (Fsp3) is 1.00. The van der Waals surface area contributed by atoms with Crippen LogP contribution in [0.4, 0.5) is 0 Å². The summed E-state index contributed by atoms with van der Waals surface area (Å²) in [6.07, 6.45) is 0. The highest BCUT2D eigenvalue weighted by Gasteiger charge is 2.25. The van der Waals surface area contributed by atoms with Crippen molar-refractivity contribution in [2.24, 2.45) is 10.5 Å². The first-order valence-electron chi connectivity index (χ1n) is 3.57. The Kier molecular flexibility index (Phi) is 3.50. The molecule has 0 rings (SSSR count). The third-order valence-corrected chi connectivity index (χ3v) is 1.58. The highest BCUT2D eigenvalue weighted by Crippen LogP contribution is 2.20. The van der Waals surface area contributed by atoms with Gasteiger partial charge in [0, 0.05) is 6.54 Å². The summed E-state index contributed by atoms with van der Waals surface area (Å²) in [6, 6.07) is 0.206. The molecule has 0 aliphatic carbocycles. The van der Waals surface area contributed by atoms with E-state index in [1.54, 1.807) is 0 Å². The van der Waals surface area contributed by atoms with Crippen LogP contribution in [0.5, 0.6) is 0 Å². The summed E-state index contributed by atoms with van der Waals surface area (Å²) < 4.78 is 0. The molecule has 0 aromatic carbocycles. The zero-order valence-corrected chi connectivity index (χ0v) is 7.31. The van der Waals surface area contributed by atoms with Crippen LogP contribution in [0.1, 0.15) is 20.8 Å². The summed E-state index contributed by atoms with van der Waals surface area (Å²) in [5.74, 6) is 0. The van der Waals surface area contributed by atoms with E-state index < -0.39 is 0 Å². The summed E-state index contributed by atoms with van der Waals surface area (Å²) in [5.41, 5.74) is 5.39. The molecule has 0 saturated carbocycles. The summed E-state index contributed by atoms with van der Waals surface area (Å²) in [7, 11) is 1.91. The van der Waals surface area contributed by atoms with Crippen molar-refractivity contribution in [2.45, 2.75) is 26.8 Å². The van der Waals surface area contributed by atoms with Gasteiger partial charge in [-0.1, -0.05) is 20.8 Å². The molecule has 0 radical (unpaired) electrons. The van der Waals surface area contributed by atoms with E-state index in [9.17, 15) is 0 Å². The molecule has 3 N–H and O–H groups in total. The second-order valence-corrected chi connectivity index (χ2v) is 3.59. The Morgan fingerprint density at radius 1 is 1.50 bits per heavy atom. The van der Waals surface area contributed by atoms with Crippen molar-refractivity contribution >= 4 is 0 Å². The van der Waals surface area contributed by atoms with E-state index >= 15 is 0 Å². The Balaban J connectivity index is 3.93. The van der Waals surface area contributed by atoms with Gasteiger partial charge in [-0.05, 0) is 17.6 Å². The normalized spacial score (nSPS) is 14.8. The standard InChI is InChI=1S/C7H17N3/c1-7(2,3)6(10-8)5-9-4/h6,8-9H,5H2,1-4H3/p+1/t6-/m0/s1.